The summed E-state index contributed by atoms with van der Waals surface area (Å²) < 4.78 is 5.21. The highest BCUT2D eigenvalue weighted by Gasteiger charge is 2.27. The van der Waals surface area contributed by atoms with Crippen molar-refractivity contribution in [2.75, 3.05) is 41.7 Å². The Bertz CT molecular complexity index is 1360. The van der Waals surface area contributed by atoms with Crippen LogP contribution in [0.5, 0.6) is 0 Å². The molecule has 5 rings (SSSR count). The molecule has 2 aliphatic rings. The standard InChI is InChI=1S/C31H39N7O4/c1-2-7-24-28(33-18-26(30(39)40)37-31(41)42-19-21-8-4-3-5-9-21)34-20-35-29(24)38-16-13-22(14-17-38)25-12-11-23-10-6-15-32-27(23)36-25/h3-5,8-9,11-12,20,22,26H,2,6-7,10,13-19H2,1H3,(H,32,36)(H,37,41)(H,39,40)(H,33,34,35). The van der Waals surface area contributed by atoms with Crippen LogP contribution in [0.1, 0.15) is 60.9 Å². The number of piperidine rings is 1. The normalized spacial score (nSPS) is 15.7. The quantitative estimate of drug-likeness (QED) is 0.261. The highest BCUT2D eigenvalue weighted by atomic mass is 16.5. The third kappa shape index (κ3) is 7.26. The van der Waals surface area contributed by atoms with Crippen molar-refractivity contribution < 1.29 is 19.4 Å². The van der Waals surface area contributed by atoms with E-state index in [4.69, 9.17) is 9.72 Å². The summed E-state index contributed by atoms with van der Waals surface area (Å²) in [6.07, 6.45) is 6.51. The van der Waals surface area contributed by atoms with Crippen LogP contribution in [0, 0.1) is 0 Å². The molecule has 42 heavy (non-hydrogen) atoms. The second-order valence-electron chi connectivity index (χ2n) is 10.8. The maximum atomic E-state index is 12.3. The summed E-state index contributed by atoms with van der Waals surface area (Å²) in [6.45, 7) is 4.76. The molecule has 0 aliphatic carbocycles. The molecule has 1 atom stereocenters. The molecule has 222 valence electrons. The van der Waals surface area contributed by atoms with Crippen LogP contribution in [-0.2, 0) is 29.0 Å². The summed E-state index contributed by atoms with van der Waals surface area (Å²) >= 11 is 0. The number of benzene rings is 1. The first kappa shape index (κ1) is 29.1. The number of aryl methyl sites for hydroxylation is 1. The van der Waals surface area contributed by atoms with Crippen LogP contribution in [-0.4, -0.2) is 64.3 Å². The van der Waals surface area contributed by atoms with E-state index in [0.717, 1.165) is 86.6 Å². The van der Waals surface area contributed by atoms with Crippen LogP contribution in [0.4, 0.5) is 22.2 Å². The van der Waals surface area contributed by atoms with E-state index in [1.54, 1.807) is 0 Å². The third-order valence-corrected chi connectivity index (χ3v) is 7.83. The Morgan fingerprint density at radius 2 is 1.95 bits per heavy atom. The average molecular weight is 574 g/mol. The Kier molecular flexibility index (Phi) is 9.68. The number of carboxylic acids is 1. The molecule has 1 unspecified atom stereocenters. The van der Waals surface area contributed by atoms with Crippen LogP contribution in [0.25, 0.3) is 0 Å². The number of pyridine rings is 1. The molecule has 11 heteroatoms. The van der Waals surface area contributed by atoms with Gasteiger partial charge in [-0.2, -0.15) is 0 Å². The molecule has 1 amide bonds. The van der Waals surface area contributed by atoms with E-state index in [9.17, 15) is 14.7 Å². The van der Waals surface area contributed by atoms with E-state index >= 15 is 0 Å². The fourth-order valence-electron chi connectivity index (χ4n) is 5.57. The average Bonchev–Trinajstić information content (AvgIpc) is 3.03. The van der Waals surface area contributed by atoms with Gasteiger partial charge in [-0.15, -0.1) is 0 Å². The van der Waals surface area contributed by atoms with Gasteiger partial charge in [0.1, 0.15) is 36.4 Å². The largest absolute Gasteiger partial charge is 0.480 e. The summed E-state index contributed by atoms with van der Waals surface area (Å²) in [5.41, 5.74) is 4.22. The number of rotatable bonds is 11. The number of alkyl carbamates (subject to hydrolysis) is 1. The van der Waals surface area contributed by atoms with Crippen molar-refractivity contribution in [1.29, 1.82) is 0 Å². The van der Waals surface area contributed by atoms with E-state index < -0.39 is 18.1 Å². The first-order valence-corrected chi connectivity index (χ1v) is 14.8. The SMILES string of the molecule is CCCc1c(NCC(NC(=O)OCc2ccccc2)C(=O)O)ncnc1N1CCC(c2ccc3c(n2)NCCC3)CC1. The first-order valence-electron chi connectivity index (χ1n) is 14.8. The van der Waals surface area contributed by atoms with Gasteiger partial charge in [0.25, 0.3) is 0 Å². The Morgan fingerprint density at radius 3 is 2.71 bits per heavy atom. The molecule has 0 saturated carbocycles. The van der Waals surface area contributed by atoms with Gasteiger partial charge in [0, 0.05) is 43.4 Å². The van der Waals surface area contributed by atoms with Crippen LogP contribution < -0.4 is 20.9 Å². The maximum Gasteiger partial charge on any atom is 0.408 e. The van der Waals surface area contributed by atoms with Gasteiger partial charge in [-0.1, -0.05) is 49.7 Å². The van der Waals surface area contributed by atoms with Crippen molar-refractivity contribution in [2.24, 2.45) is 0 Å². The molecule has 1 fully saturated rings. The Balaban J connectivity index is 1.20. The predicted octanol–water partition coefficient (Wildman–Crippen LogP) is 4.36. The molecule has 2 aliphatic heterocycles. The second-order valence-corrected chi connectivity index (χ2v) is 10.8. The first-order chi connectivity index (χ1) is 20.5. The van der Waals surface area contributed by atoms with Crippen LogP contribution in [0.2, 0.25) is 0 Å². The predicted molar refractivity (Wildman–Crippen MR) is 161 cm³/mol. The van der Waals surface area contributed by atoms with Gasteiger partial charge in [-0.3, -0.25) is 0 Å². The zero-order valence-electron chi connectivity index (χ0n) is 24.0. The topological polar surface area (TPSA) is 142 Å². The van der Waals surface area contributed by atoms with Crippen LogP contribution in [0.3, 0.4) is 0 Å². The number of carbonyl (C=O) groups is 2. The second kappa shape index (κ2) is 14.0. The van der Waals surface area contributed by atoms with E-state index in [1.165, 1.54) is 11.9 Å². The number of anilines is 3. The summed E-state index contributed by atoms with van der Waals surface area (Å²) in [6, 6.07) is 12.4. The summed E-state index contributed by atoms with van der Waals surface area (Å²) in [5, 5.41) is 18.8. The molecule has 11 nitrogen and oxygen atoms in total. The van der Waals surface area contributed by atoms with Crippen molar-refractivity contribution >= 4 is 29.5 Å². The van der Waals surface area contributed by atoms with Gasteiger partial charge in [0.15, 0.2) is 0 Å². The van der Waals surface area contributed by atoms with Gasteiger partial charge in [0.2, 0.25) is 0 Å². The Hall–Kier alpha value is -4.41. The van der Waals surface area contributed by atoms with Crippen molar-refractivity contribution in [3.8, 4) is 0 Å². The van der Waals surface area contributed by atoms with Gasteiger partial charge in [-0.25, -0.2) is 24.5 Å². The number of nitrogens with zero attached hydrogens (tertiary/aromatic N) is 4. The molecular formula is C31H39N7O4. The minimum Gasteiger partial charge on any atom is -0.480 e. The summed E-state index contributed by atoms with van der Waals surface area (Å²) in [7, 11) is 0. The van der Waals surface area contributed by atoms with Gasteiger partial charge in [0.05, 0.1) is 0 Å². The zero-order chi connectivity index (χ0) is 29.3. The monoisotopic (exact) mass is 573 g/mol. The number of carbonyl (C=O) groups excluding carboxylic acids is 1. The number of hydrogen-bond acceptors (Lipinski definition) is 9. The molecule has 3 aromatic rings. The molecule has 0 spiro atoms. The minimum absolute atomic E-state index is 0.0525. The lowest BCUT2D eigenvalue weighted by molar-refractivity contribution is -0.139. The van der Waals surface area contributed by atoms with Crippen LogP contribution >= 0.6 is 0 Å². The van der Waals surface area contributed by atoms with E-state index in [-0.39, 0.29) is 13.2 Å². The molecule has 1 saturated heterocycles. The number of nitrogens with one attached hydrogen (secondary N) is 3. The molecular weight excluding hydrogens is 534 g/mol. The molecule has 2 aromatic heterocycles. The fraction of sp³-hybridized carbons (Fsp3) is 0.452. The van der Waals surface area contributed by atoms with Gasteiger partial charge < -0.3 is 30.7 Å². The molecule has 1 aromatic carbocycles. The lowest BCUT2D eigenvalue weighted by Crippen LogP contribution is -2.45. The Labute approximate surface area is 246 Å². The lowest BCUT2D eigenvalue weighted by atomic mass is 9.92. The van der Waals surface area contributed by atoms with E-state index in [2.05, 4.69) is 49.9 Å². The summed E-state index contributed by atoms with van der Waals surface area (Å²) in [4.78, 5) is 40.6. The number of aliphatic carboxylic acids is 1. The van der Waals surface area contributed by atoms with E-state index in [1.807, 2.05) is 30.3 Å². The van der Waals surface area contributed by atoms with Gasteiger partial charge >= 0.3 is 12.1 Å². The number of amides is 1. The van der Waals surface area contributed by atoms with E-state index in [0.29, 0.717) is 11.7 Å². The molecule has 4 N–H and O–H groups in total. The number of hydrogen-bond donors (Lipinski definition) is 4. The summed E-state index contributed by atoms with van der Waals surface area (Å²) in [5.74, 6) is 1.72. The maximum absolute atomic E-state index is 12.3. The zero-order valence-corrected chi connectivity index (χ0v) is 24.0. The number of aromatic nitrogens is 3. The van der Waals surface area contributed by atoms with Crippen molar-refractivity contribution in [3.63, 3.8) is 0 Å². The Morgan fingerprint density at radius 1 is 1.14 bits per heavy atom. The highest BCUT2D eigenvalue weighted by molar-refractivity contribution is 5.80. The number of fused-ring (bicyclic) bond motifs is 1. The van der Waals surface area contributed by atoms with Crippen molar-refractivity contribution in [1.82, 2.24) is 20.3 Å². The van der Waals surface area contributed by atoms with Crippen molar-refractivity contribution in [2.45, 2.75) is 64.0 Å². The molecule has 0 radical (unpaired) electrons. The number of ether oxygens (including phenoxy) is 1. The molecule has 4 heterocycles. The fourth-order valence-corrected chi connectivity index (χ4v) is 5.57. The minimum atomic E-state index is -1.20. The number of carboxylic acid groups (broad SMARTS) is 1. The van der Waals surface area contributed by atoms with Crippen molar-refractivity contribution in [3.05, 3.63) is 71.2 Å². The van der Waals surface area contributed by atoms with Gasteiger partial charge in [-0.05, 0) is 49.3 Å². The lowest BCUT2D eigenvalue weighted by Gasteiger charge is -2.34. The highest BCUT2D eigenvalue weighted by Crippen LogP contribution is 2.33. The third-order valence-electron chi connectivity index (χ3n) is 7.83. The molecule has 0 bridgehead atoms. The van der Waals surface area contributed by atoms with Crippen LogP contribution in [0.15, 0.2) is 48.8 Å². The smallest absolute Gasteiger partial charge is 0.408 e.